The Bertz CT molecular complexity index is 1090. The summed E-state index contributed by atoms with van der Waals surface area (Å²) in [6.45, 7) is 1.26. The van der Waals surface area contributed by atoms with Crippen LogP contribution in [0.1, 0.15) is 18.1 Å². The number of hydrogen-bond acceptors (Lipinski definition) is 8. The Balaban J connectivity index is 1.97. The maximum Gasteiger partial charge on any atom is 0.363 e. The van der Waals surface area contributed by atoms with Gasteiger partial charge in [-0.1, -0.05) is 6.07 Å². The van der Waals surface area contributed by atoms with E-state index in [-0.39, 0.29) is 28.8 Å². The summed E-state index contributed by atoms with van der Waals surface area (Å²) in [5, 5.41) is 10.9. The molecule has 1 aliphatic heterocycles. The summed E-state index contributed by atoms with van der Waals surface area (Å²) in [5.41, 5.74) is 0.689. The van der Waals surface area contributed by atoms with Gasteiger partial charge in [-0.25, -0.2) is 9.79 Å². The van der Waals surface area contributed by atoms with Crippen molar-refractivity contribution >= 4 is 45.5 Å². The number of cyclic esters (lactones) is 1. The number of nitro benzene ring substituents is 1. The largest absolute Gasteiger partial charge is 0.493 e. The van der Waals surface area contributed by atoms with Crippen LogP contribution in [0.15, 0.2) is 51.6 Å². The zero-order valence-corrected chi connectivity index (χ0v) is 16.8. The maximum atomic E-state index is 12.2. The number of carbonyl (C=O) groups excluding carboxylic acids is 2. The minimum Gasteiger partial charge on any atom is -0.493 e. The summed E-state index contributed by atoms with van der Waals surface area (Å²) >= 11 is 3.30. The molecule has 0 atom stereocenters. The molecule has 0 unspecified atom stereocenters. The molecular formula is C19H13BrN2O7. The fraction of sp³-hybridized carbons (Fsp3) is 0.105. The Kier molecular flexibility index (Phi) is 5.74. The number of non-ortho nitro benzene ring substituents is 1. The van der Waals surface area contributed by atoms with Crippen molar-refractivity contribution in [2.45, 2.75) is 6.92 Å². The molecule has 0 saturated heterocycles. The van der Waals surface area contributed by atoms with E-state index in [2.05, 4.69) is 20.9 Å². The molecule has 148 valence electrons. The Morgan fingerprint density at radius 3 is 2.72 bits per heavy atom. The highest BCUT2D eigenvalue weighted by Gasteiger charge is 2.25. The number of nitro groups is 1. The number of ether oxygens (including phenoxy) is 3. The number of halogens is 1. The number of methoxy groups -OCH3 is 1. The predicted octanol–water partition coefficient (Wildman–Crippen LogP) is 3.64. The van der Waals surface area contributed by atoms with Gasteiger partial charge in [-0.15, -0.1) is 0 Å². The summed E-state index contributed by atoms with van der Waals surface area (Å²) in [6, 6.07) is 8.79. The van der Waals surface area contributed by atoms with E-state index in [9.17, 15) is 19.7 Å². The minimum atomic E-state index is -0.703. The van der Waals surface area contributed by atoms with Gasteiger partial charge in [-0.3, -0.25) is 14.9 Å². The van der Waals surface area contributed by atoms with E-state index in [1.165, 1.54) is 38.3 Å². The molecule has 0 aliphatic carbocycles. The molecule has 0 N–H and O–H groups in total. The third kappa shape index (κ3) is 4.49. The third-order valence-corrected chi connectivity index (χ3v) is 4.31. The van der Waals surface area contributed by atoms with Gasteiger partial charge in [0, 0.05) is 24.6 Å². The molecule has 0 bridgehead atoms. The zero-order valence-electron chi connectivity index (χ0n) is 15.2. The first-order valence-electron chi connectivity index (χ1n) is 8.12. The van der Waals surface area contributed by atoms with E-state index in [1.54, 1.807) is 18.2 Å². The van der Waals surface area contributed by atoms with Gasteiger partial charge in [0.05, 0.1) is 16.5 Å². The van der Waals surface area contributed by atoms with E-state index >= 15 is 0 Å². The second-order valence-electron chi connectivity index (χ2n) is 5.77. The summed E-state index contributed by atoms with van der Waals surface area (Å²) in [5.74, 6) is -0.772. The van der Waals surface area contributed by atoms with Gasteiger partial charge < -0.3 is 14.2 Å². The van der Waals surface area contributed by atoms with Crippen LogP contribution in [-0.2, 0) is 14.3 Å². The van der Waals surface area contributed by atoms with E-state index in [4.69, 9.17) is 14.2 Å². The Hall–Kier alpha value is -3.53. The van der Waals surface area contributed by atoms with Gasteiger partial charge >= 0.3 is 11.9 Å². The van der Waals surface area contributed by atoms with Crippen molar-refractivity contribution in [1.82, 2.24) is 0 Å². The van der Waals surface area contributed by atoms with Gasteiger partial charge in [0.15, 0.2) is 17.2 Å². The molecule has 0 amide bonds. The second kappa shape index (κ2) is 8.23. The van der Waals surface area contributed by atoms with Crippen molar-refractivity contribution in [2.24, 2.45) is 4.99 Å². The topological polar surface area (TPSA) is 117 Å². The molecule has 9 nitrogen and oxygen atoms in total. The number of benzene rings is 2. The van der Waals surface area contributed by atoms with Crippen molar-refractivity contribution in [3.8, 4) is 11.5 Å². The molecule has 2 aromatic rings. The molecule has 3 rings (SSSR count). The fourth-order valence-electron chi connectivity index (χ4n) is 2.51. The monoisotopic (exact) mass is 460 g/mol. The van der Waals surface area contributed by atoms with E-state index in [0.717, 1.165) is 0 Å². The van der Waals surface area contributed by atoms with Crippen LogP contribution in [-0.4, -0.2) is 29.9 Å². The first-order valence-corrected chi connectivity index (χ1v) is 8.91. The van der Waals surface area contributed by atoms with Crippen molar-refractivity contribution in [3.05, 3.63) is 67.8 Å². The van der Waals surface area contributed by atoms with E-state index < -0.39 is 16.9 Å². The van der Waals surface area contributed by atoms with Crippen molar-refractivity contribution < 1.29 is 28.7 Å². The summed E-state index contributed by atoms with van der Waals surface area (Å²) < 4.78 is 15.9. The van der Waals surface area contributed by atoms with Crippen LogP contribution in [0.3, 0.4) is 0 Å². The second-order valence-corrected chi connectivity index (χ2v) is 6.63. The van der Waals surface area contributed by atoms with Crippen LogP contribution in [0.5, 0.6) is 11.5 Å². The van der Waals surface area contributed by atoms with E-state index in [0.29, 0.717) is 15.6 Å². The highest BCUT2D eigenvalue weighted by Crippen LogP contribution is 2.37. The molecule has 1 aliphatic rings. The molecule has 10 heteroatoms. The Morgan fingerprint density at radius 2 is 2.07 bits per heavy atom. The molecule has 0 saturated carbocycles. The molecule has 29 heavy (non-hydrogen) atoms. The normalized spacial score (nSPS) is 14.4. The van der Waals surface area contributed by atoms with Crippen LogP contribution < -0.4 is 9.47 Å². The average Bonchev–Trinajstić information content (AvgIpc) is 3.04. The Morgan fingerprint density at radius 1 is 1.31 bits per heavy atom. The molecule has 0 aromatic heterocycles. The average molecular weight is 461 g/mol. The number of hydrogen-bond donors (Lipinski definition) is 0. The Labute approximate surface area is 172 Å². The smallest absolute Gasteiger partial charge is 0.363 e. The minimum absolute atomic E-state index is 0.000644. The highest BCUT2D eigenvalue weighted by atomic mass is 79.9. The quantitative estimate of drug-likeness (QED) is 0.219. The van der Waals surface area contributed by atoms with Gasteiger partial charge in [0.25, 0.3) is 5.69 Å². The molecular weight excluding hydrogens is 448 g/mol. The molecule has 0 fully saturated rings. The van der Waals surface area contributed by atoms with Gasteiger partial charge in [0.1, 0.15) is 0 Å². The third-order valence-electron chi connectivity index (χ3n) is 3.73. The lowest BCUT2D eigenvalue weighted by Crippen LogP contribution is -2.06. The van der Waals surface area contributed by atoms with Gasteiger partial charge in [-0.2, -0.15) is 0 Å². The first-order chi connectivity index (χ1) is 13.8. The van der Waals surface area contributed by atoms with Crippen LogP contribution in [0, 0.1) is 10.1 Å². The van der Waals surface area contributed by atoms with Crippen molar-refractivity contribution in [2.75, 3.05) is 7.11 Å². The van der Waals surface area contributed by atoms with Gasteiger partial charge in [-0.05, 0) is 45.8 Å². The SMILES string of the molecule is COc1cc(C=C2N=C(c3cccc([N+](=O)[O-])c3)OC2=O)cc(Br)c1OC(C)=O. The van der Waals surface area contributed by atoms with Crippen molar-refractivity contribution in [1.29, 1.82) is 0 Å². The number of aliphatic imine (C=N–C) groups is 1. The highest BCUT2D eigenvalue weighted by molar-refractivity contribution is 9.10. The molecule has 0 radical (unpaired) electrons. The van der Waals surface area contributed by atoms with Crippen LogP contribution in [0.4, 0.5) is 5.69 Å². The van der Waals surface area contributed by atoms with Crippen LogP contribution in [0.2, 0.25) is 0 Å². The lowest BCUT2D eigenvalue weighted by molar-refractivity contribution is -0.384. The van der Waals surface area contributed by atoms with Crippen LogP contribution >= 0.6 is 15.9 Å². The fourth-order valence-corrected chi connectivity index (χ4v) is 3.05. The lowest BCUT2D eigenvalue weighted by atomic mass is 10.1. The maximum absolute atomic E-state index is 12.2. The lowest BCUT2D eigenvalue weighted by Gasteiger charge is -2.11. The van der Waals surface area contributed by atoms with Crippen LogP contribution in [0.25, 0.3) is 6.08 Å². The first kappa shape index (κ1) is 20.2. The predicted molar refractivity (Wildman–Crippen MR) is 106 cm³/mol. The number of rotatable bonds is 5. The zero-order chi connectivity index (χ0) is 21.1. The molecule has 0 spiro atoms. The van der Waals surface area contributed by atoms with Crippen molar-refractivity contribution in [3.63, 3.8) is 0 Å². The molecule has 1 heterocycles. The molecule has 2 aromatic carbocycles. The van der Waals surface area contributed by atoms with E-state index in [1.807, 2.05) is 0 Å². The summed E-state index contributed by atoms with van der Waals surface area (Å²) in [7, 11) is 1.41. The van der Waals surface area contributed by atoms with Gasteiger partial charge in [0.2, 0.25) is 5.90 Å². The number of carbonyl (C=O) groups is 2. The standard InChI is InChI=1S/C19H13BrN2O7/c1-10(23)28-17-14(20)6-11(8-16(17)27-2)7-15-19(24)29-18(21-15)12-4-3-5-13(9-12)22(25)26/h3-9H,1-2H3. The summed E-state index contributed by atoms with van der Waals surface area (Å²) in [6.07, 6.45) is 1.46. The summed E-state index contributed by atoms with van der Waals surface area (Å²) in [4.78, 5) is 37.9. The number of nitrogens with zero attached hydrogens (tertiary/aromatic N) is 2. The number of esters is 2.